The standard InChI is InChI=1S/C16H23N3O5.ClH/c1-16(2)10-18(7-6-14(16)17)15(20)9-24-11-4-5-12(19(21)22)13(8-11)23-3;/h4-5,8,14H,6-7,9-10,17H2,1-3H3;1H. The van der Waals surface area contributed by atoms with E-state index in [4.69, 9.17) is 15.2 Å². The Morgan fingerprint density at radius 3 is 2.72 bits per heavy atom. The molecule has 1 amide bonds. The molecule has 1 aromatic carbocycles. The number of halogens is 1. The third-order valence-electron chi connectivity index (χ3n) is 4.38. The highest BCUT2D eigenvalue weighted by molar-refractivity contribution is 5.85. The Labute approximate surface area is 152 Å². The van der Waals surface area contributed by atoms with Gasteiger partial charge in [0.2, 0.25) is 5.75 Å². The molecule has 1 aromatic rings. The average Bonchev–Trinajstić information content (AvgIpc) is 2.54. The molecule has 25 heavy (non-hydrogen) atoms. The number of nitrogens with zero attached hydrogens (tertiary/aromatic N) is 2. The van der Waals surface area contributed by atoms with Gasteiger partial charge in [0.15, 0.2) is 6.61 Å². The van der Waals surface area contributed by atoms with Gasteiger partial charge < -0.3 is 20.1 Å². The van der Waals surface area contributed by atoms with E-state index in [1.807, 2.05) is 13.8 Å². The number of amides is 1. The number of hydrogen-bond acceptors (Lipinski definition) is 6. The minimum atomic E-state index is -0.535. The van der Waals surface area contributed by atoms with Crippen molar-refractivity contribution in [2.45, 2.75) is 26.3 Å². The first-order chi connectivity index (χ1) is 11.2. The molecular weight excluding hydrogens is 350 g/mol. The molecule has 140 valence electrons. The molecule has 1 aliphatic rings. The molecule has 1 heterocycles. The third-order valence-corrected chi connectivity index (χ3v) is 4.38. The molecule has 0 saturated carbocycles. The van der Waals surface area contributed by atoms with Crippen LogP contribution in [-0.2, 0) is 4.79 Å². The average molecular weight is 374 g/mol. The number of nitro groups is 1. The Balaban J connectivity index is 0.00000312. The van der Waals surface area contributed by atoms with Crippen molar-refractivity contribution in [3.05, 3.63) is 28.3 Å². The molecule has 1 fully saturated rings. The van der Waals surface area contributed by atoms with Gasteiger partial charge >= 0.3 is 5.69 Å². The summed E-state index contributed by atoms with van der Waals surface area (Å²) in [5.41, 5.74) is 5.79. The summed E-state index contributed by atoms with van der Waals surface area (Å²) in [6, 6.07) is 4.22. The van der Waals surface area contributed by atoms with Crippen molar-refractivity contribution in [3.63, 3.8) is 0 Å². The molecule has 2 rings (SSSR count). The summed E-state index contributed by atoms with van der Waals surface area (Å²) in [4.78, 5) is 24.4. The predicted molar refractivity (Wildman–Crippen MR) is 95.3 cm³/mol. The molecule has 1 aliphatic heterocycles. The van der Waals surface area contributed by atoms with Gasteiger partial charge in [0.1, 0.15) is 5.75 Å². The Bertz CT molecular complexity index is 638. The number of nitro benzene ring substituents is 1. The van der Waals surface area contributed by atoms with Crippen LogP contribution in [0.4, 0.5) is 5.69 Å². The topological polar surface area (TPSA) is 108 Å². The van der Waals surface area contributed by atoms with Gasteiger partial charge in [-0.05, 0) is 17.9 Å². The first-order valence-corrected chi connectivity index (χ1v) is 7.73. The molecule has 1 saturated heterocycles. The Morgan fingerprint density at radius 2 is 2.16 bits per heavy atom. The number of likely N-dealkylation sites (tertiary alicyclic amines) is 1. The van der Waals surface area contributed by atoms with E-state index in [2.05, 4.69) is 0 Å². The van der Waals surface area contributed by atoms with E-state index in [1.54, 1.807) is 4.90 Å². The van der Waals surface area contributed by atoms with Crippen LogP contribution in [-0.4, -0.2) is 48.6 Å². The second-order valence-corrected chi connectivity index (χ2v) is 6.58. The monoisotopic (exact) mass is 373 g/mol. The molecule has 8 nitrogen and oxygen atoms in total. The number of rotatable bonds is 5. The fourth-order valence-electron chi connectivity index (χ4n) is 2.72. The summed E-state index contributed by atoms with van der Waals surface area (Å²) in [5.74, 6) is 0.307. The maximum atomic E-state index is 12.3. The van der Waals surface area contributed by atoms with Crippen LogP contribution < -0.4 is 15.2 Å². The van der Waals surface area contributed by atoms with Gasteiger partial charge in [-0.3, -0.25) is 14.9 Å². The lowest BCUT2D eigenvalue weighted by Gasteiger charge is -2.42. The van der Waals surface area contributed by atoms with E-state index in [9.17, 15) is 14.9 Å². The Morgan fingerprint density at radius 1 is 1.48 bits per heavy atom. The van der Waals surface area contributed by atoms with Crippen LogP contribution in [0.3, 0.4) is 0 Å². The number of methoxy groups -OCH3 is 1. The third kappa shape index (κ3) is 4.96. The van der Waals surface area contributed by atoms with Crippen LogP contribution in [0.15, 0.2) is 18.2 Å². The second-order valence-electron chi connectivity index (χ2n) is 6.58. The van der Waals surface area contributed by atoms with Crippen LogP contribution >= 0.6 is 12.4 Å². The number of piperidine rings is 1. The SMILES string of the molecule is COc1cc(OCC(=O)N2CCC(N)C(C)(C)C2)ccc1[N+](=O)[O-].Cl. The summed E-state index contributed by atoms with van der Waals surface area (Å²) in [6.07, 6.45) is 0.754. The zero-order valence-electron chi connectivity index (χ0n) is 14.6. The first kappa shape index (κ1) is 21.0. The molecule has 0 spiro atoms. The number of benzene rings is 1. The molecule has 9 heteroatoms. The number of hydrogen-bond donors (Lipinski definition) is 1. The maximum absolute atomic E-state index is 12.3. The van der Waals surface area contributed by atoms with Crippen molar-refractivity contribution in [2.24, 2.45) is 11.1 Å². The van der Waals surface area contributed by atoms with Gasteiger partial charge in [-0.25, -0.2) is 0 Å². The van der Waals surface area contributed by atoms with Crippen LogP contribution in [0.5, 0.6) is 11.5 Å². The summed E-state index contributed by atoms with van der Waals surface area (Å²) in [6.45, 7) is 5.14. The van der Waals surface area contributed by atoms with Crippen molar-refractivity contribution in [3.8, 4) is 11.5 Å². The fraction of sp³-hybridized carbons (Fsp3) is 0.562. The smallest absolute Gasteiger partial charge is 0.311 e. The Hall–Kier alpha value is -2.06. The van der Waals surface area contributed by atoms with Gasteiger partial charge in [0.05, 0.1) is 12.0 Å². The van der Waals surface area contributed by atoms with Crippen molar-refractivity contribution < 1.29 is 19.2 Å². The normalized spacial score (nSPS) is 18.9. The van der Waals surface area contributed by atoms with E-state index in [1.165, 1.54) is 25.3 Å². The molecular formula is C16H24ClN3O5. The quantitative estimate of drug-likeness (QED) is 0.624. The minimum absolute atomic E-state index is 0. The lowest BCUT2D eigenvalue weighted by atomic mass is 9.80. The zero-order valence-corrected chi connectivity index (χ0v) is 15.4. The van der Waals surface area contributed by atoms with E-state index >= 15 is 0 Å². The van der Waals surface area contributed by atoms with E-state index < -0.39 is 4.92 Å². The summed E-state index contributed by atoms with van der Waals surface area (Å²) < 4.78 is 10.4. The number of carbonyl (C=O) groups is 1. The fourth-order valence-corrected chi connectivity index (χ4v) is 2.72. The summed E-state index contributed by atoms with van der Waals surface area (Å²) in [7, 11) is 1.34. The van der Waals surface area contributed by atoms with Crippen LogP contribution in [0.1, 0.15) is 20.3 Å². The highest BCUT2D eigenvalue weighted by atomic mass is 35.5. The van der Waals surface area contributed by atoms with Gasteiger partial charge in [-0.2, -0.15) is 0 Å². The zero-order chi connectivity index (χ0) is 17.9. The highest BCUT2D eigenvalue weighted by Gasteiger charge is 2.35. The van der Waals surface area contributed by atoms with E-state index in [-0.39, 0.29) is 47.8 Å². The maximum Gasteiger partial charge on any atom is 0.311 e. The second kappa shape index (κ2) is 8.35. The molecule has 0 radical (unpaired) electrons. The molecule has 1 unspecified atom stereocenters. The largest absolute Gasteiger partial charge is 0.490 e. The predicted octanol–water partition coefficient (Wildman–Crippen LogP) is 1.99. The lowest BCUT2D eigenvalue weighted by Crippen LogP contribution is -2.54. The van der Waals surface area contributed by atoms with Crippen molar-refractivity contribution >= 4 is 24.0 Å². The summed E-state index contributed by atoms with van der Waals surface area (Å²) in [5, 5.41) is 10.9. The molecule has 0 aliphatic carbocycles. The number of ether oxygens (including phenoxy) is 2. The van der Waals surface area contributed by atoms with E-state index in [0.717, 1.165) is 6.42 Å². The van der Waals surface area contributed by atoms with Crippen molar-refractivity contribution in [1.82, 2.24) is 4.90 Å². The number of carbonyl (C=O) groups excluding carboxylic acids is 1. The van der Waals surface area contributed by atoms with Crippen molar-refractivity contribution in [1.29, 1.82) is 0 Å². The van der Waals surface area contributed by atoms with Crippen LogP contribution in [0.25, 0.3) is 0 Å². The molecule has 2 N–H and O–H groups in total. The van der Waals surface area contributed by atoms with E-state index in [0.29, 0.717) is 18.8 Å². The van der Waals surface area contributed by atoms with Crippen molar-refractivity contribution in [2.75, 3.05) is 26.8 Å². The van der Waals surface area contributed by atoms with Crippen LogP contribution in [0, 0.1) is 15.5 Å². The summed E-state index contributed by atoms with van der Waals surface area (Å²) >= 11 is 0. The lowest BCUT2D eigenvalue weighted by molar-refractivity contribution is -0.385. The first-order valence-electron chi connectivity index (χ1n) is 7.73. The van der Waals surface area contributed by atoms with Gasteiger partial charge in [0, 0.05) is 31.3 Å². The minimum Gasteiger partial charge on any atom is -0.490 e. The van der Waals surface area contributed by atoms with Gasteiger partial charge in [-0.1, -0.05) is 13.8 Å². The Kier molecular flexibility index (Phi) is 7.01. The van der Waals surface area contributed by atoms with Gasteiger partial charge in [-0.15, -0.1) is 12.4 Å². The highest BCUT2D eigenvalue weighted by Crippen LogP contribution is 2.31. The number of nitrogens with two attached hydrogens (primary N) is 1. The molecule has 0 aromatic heterocycles. The molecule has 1 atom stereocenters. The van der Waals surface area contributed by atoms with Crippen LogP contribution in [0.2, 0.25) is 0 Å². The van der Waals surface area contributed by atoms with Gasteiger partial charge in [0.25, 0.3) is 5.91 Å². The molecule has 0 bridgehead atoms.